The standard InChI is InChI=1S/C19H23N3O3/c1-11(2)12-8-21(9-12)15-5-3-4-13-14(15)10-22(19(13)25)16-6-7-17(23)20-18(16)24/h3-5,11-12,16H,6-10H2,1-2H3,(H,20,23,24). The Labute approximate surface area is 147 Å². The third kappa shape index (κ3) is 2.60. The van der Waals surface area contributed by atoms with Crippen LogP contribution in [0.1, 0.15) is 42.6 Å². The molecule has 3 aliphatic heterocycles. The Kier molecular flexibility index (Phi) is 3.78. The smallest absolute Gasteiger partial charge is 0.255 e. The Morgan fingerprint density at radius 2 is 1.92 bits per heavy atom. The molecule has 2 fully saturated rings. The van der Waals surface area contributed by atoms with E-state index in [0.717, 1.165) is 24.3 Å². The van der Waals surface area contributed by atoms with Gasteiger partial charge in [0, 0.05) is 42.9 Å². The van der Waals surface area contributed by atoms with Crippen molar-refractivity contribution in [3.8, 4) is 0 Å². The molecule has 0 aliphatic carbocycles. The van der Waals surface area contributed by atoms with Gasteiger partial charge in [0.1, 0.15) is 6.04 Å². The van der Waals surface area contributed by atoms with Gasteiger partial charge in [0.25, 0.3) is 5.91 Å². The second kappa shape index (κ2) is 5.86. The molecular formula is C19H23N3O3. The van der Waals surface area contributed by atoms with Gasteiger partial charge in [0.05, 0.1) is 0 Å². The van der Waals surface area contributed by atoms with Crippen molar-refractivity contribution in [2.45, 2.75) is 39.3 Å². The fraction of sp³-hybridized carbons (Fsp3) is 0.526. The fourth-order valence-electron chi connectivity index (χ4n) is 4.00. The molecule has 3 heterocycles. The number of anilines is 1. The van der Waals surface area contributed by atoms with Crippen LogP contribution in [0.3, 0.4) is 0 Å². The Morgan fingerprint density at radius 1 is 1.16 bits per heavy atom. The average Bonchev–Trinajstić information content (AvgIpc) is 2.84. The molecule has 25 heavy (non-hydrogen) atoms. The summed E-state index contributed by atoms with van der Waals surface area (Å²) in [6.07, 6.45) is 0.685. The third-order valence-corrected chi connectivity index (χ3v) is 5.75. The van der Waals surface area contributed by atoms with Crippen molar-refractivity contribution in [1.82, 2.24) is 10.2 Å². The zero-order valence-electron chi connectivity index (χ0n) is 14.6. The van der Waals surface area contributed by atoms with Gasteiger partial charge in [-0.2, -0.15) is 0 Å². The van der Waals surface area contributed by atoms with Gasteiger partial charge in [0.15, 0.2) is 0 Å². The number of hydrogen-bond donors (Lipinski definition) is 1. The minimum absolute atomic E-state index is 0.104. The number of hydrogen-bond acceptors (Lipinski definition) is 4. The van der Waals surface area contributed by atoms with Crippen molar-refractivity contribution in [2.75, 3.05) is 18.0 Å². The van der Waals surface area contributed by atoms with E-state index in [2.05, 4.69) is 30.1 Å². The lowest BCUT2D eigenvalue weighted by Gasteiger charge is -2.44. The molecule has 1 aromatic rings. The quantitative estimate of drug-likeness (QED) is 0.847. The minimum atomic E-state index is -0.551. The zero-order chi connectivity index (χ0) is 17.7. The van der Waals surface area contributed by atoms with Gasteiger partial charge in [-0.25, -0.2) is 0 Å². The summed E-state index contributed by atoms with van der Waals surface area (Å²) >= 11 is 0. The monoisotopic (exact) mass is 341 g/mol. The molecule has 1 N–H and O–H groups in total. The van der Waals surface area contributed by atoms with Crippen LogP contribution in [-0.2, 0) is 16.1 Å². The number of fused-ring (bicyclic) bond motifs is 1. The molecular weight excluding hydrogens is 318 g/mol. The van der Waals surface area contributed by atoms with E-state index in [1.807, 2.05) is 12.1 Å². The van der Waals surface area contributed by atoms with Crippen molar-refractivity contribution in [1.29, 1.82) is 0 Å². The first-order chi connectivity index (χ1) is 12.0. The number of carbonyl (C=O) groups excluding carboxylic acids is 3. The predicted octanol–water partition coefficient (Wildman–Crippen LogP) is 1.54. The number of piperidine rings is 1. The van der Waals surface area contributed by atoms with Crippen molar-refractivity contribution in [3.05, 3.63) is 29.3 Å². The van der Waals surface area contributed by atoms with Crippen LogP contribution in [0.15, 0.2) is 18.2 Å². The highest BCUT2D eigenvalue weighted by Crippen LogP contribution is 2.37. The topological polar surface area (TPSA) is 69.7 Å². The second-order valence-corrected chi connectivity index (χ2v) is 7.61. The molecule has 0 saturated carbocycles. The van der Waals surface area contributed by atoms with Crippen LogP contribution in [0.25, 0.3) is 0 Å². The van der Waals surface area contributed by atoms with E-state index in [4.69, 9.17) is 0 Å². The summed E-state index contributed by atoms with van der Waals surface area (Å²) in [4.78, 5) is 40.3. The van der Waals surface area contributed by atoms with E-state index >= 15 is 0 Å². The van der Waals surface area contributed by atoms with E-state index in [-0.39, 0.29) is 24.1 Å². The number of carbonyl (C=O) groups is 3. The molecule has 0 radical (unpaired) electrons. The molecule has 132 valence electrons. The van der Waals surface area contributed by atoms with Crippen molar-refractivity contribution < 1.29 is 14.4 Å². The maximum atomic E-state index is 12.8. The van der Waals surface area contributed by atoms with Crippen LogP contribution < -0.4 is 10.2 Å². The average molecular weight is 341 g/mol. The van der Waals surface area contributed by atoms with Crippen LogP contribution in [0.2, 0.25) is 0 Å². The summed E-state index contributed by atoms with van der Waals surface area (Å²) in [5, 5.41) is 2.35. The molecule has 0 spiro atoms. The number of nitrogens with zero attached hydrogens (tertiary/aromatic N) is 2. The molecule has 1 aromatic carbocycles. The lowest BCUT2D eigenvalue weighted by Crippen LogP contribution is -2.52. The largest absolute Gasteiger partial charge is 0.371 e. The summed E-state index contributed by atoms with van der Waals surface area (Å²) in [6, 6.07) is 5.27. The zero-order valence-corrected chi connectivity index (χ0v) is 14.6. The predicted molar refractivity (Wildman–Crippen MR) is 93.0 cm³/mol. The van der Waals surface area contributed by atoms with Gasteiger partial charge >= 0.3 is 0 Å². The van der Waals surface area contributed by atoms with Crippen LogP contribution >= 0.6 is 0 Å². The Bertz CT molecular complexity index is 752. The molecule has 4 rings (SSSR count). The molecule has 6 nitrogen and oxygen atoms in total. The number of nitrogens with one attached hydrogen (secondary N) is 1. The summed E-state index contributed by atoms with van der Waals surface area (Å²) in [5.74, 6) is 0.635. The molecule has 0 bridgehead atoms. The maximum Gasteiger partial charge on any atom is 0.255 e. The molecule has 1 unspecified atom stereocenters. The Hall–Kier alpha value is -2.37. The summed E-state index contributed by atoms with van der Waals surface area (Å²) < 4.78 is 0. The molecule has 0 aromatic heterocycles. The summed E-state index contributed by atoms with van der Waals surface area (Å²) in [7, 11) is 0. The van der Waals surface area contributed by atoms with E-state index in [9.17, 15) is 14.4 Å². The van der Waals surface area contributed by atoms with Crippen molar-refractivity contribution >= 4 is 23.4 Å². The lowest BCUT2D eigenvalue weighted by atomic mass is 9.87. The van der Waals surface area contributed by atoms with Crippen LogP contribution in [-0.4, -0.2) is 41.8 Å². The highest BCUT2D eigenvalue weighted by atomic mass is 16.2. The van der Waals surface area contributed by atoms with E-state index in [1.54, 1.807) is 4.90 Å². The lowest BCUT2D eigenvalue weighted by molar-refractivity contribution is -0.136. The van der Waals surface area contributed by atoms with Crippen LogP contribution in [0.5, 0.6) is 0 Å². The molecule has 3 aliphatic rings. The molecule has 3 amide bonds. The molecule has 2 saturated heterocycles. The highest BCUT2D eigenvalue weighted by molar-refractivity contribution is 6.06. The Balaban J connectivity index is 1.56. The number of imide groups is 1. The van der Waals surface area contributed by atoms with Gasteiger partial charge in [0.2, 0.25) is 11.8 Å². The van der Waals surface area contributed by atoms with E-state index in [0.29, 0.717) is 30.4 Å². The first-order valence-electron chi connectivity index (χ1n) is 8.97. The Morgan fingerprint density at radius 3 is 2.60 bits per heavy atom. The van der Waals surface area contributed by atoms with Gasteiger partial charge in [-0.15, -0.1) is 0 Å². The second-order valence-electron chi connectivity index (χ2n) is 7.61. The summed E-state index contributed by atoms with van der Waals surface area (Å²) in [6.45, 7) is 6.96. The van der Waals surface area contributed by atoms with Crippen LogP contribution in [0.4, 0.5) is 5.69 Å². The fourth-order valence-corrected chi connectivity index (χ4v) is 4.00. The van der Waals surface area contributed by atoms with E-state index < -0.39 is 6.04 Å². The number of amides is 3. The number of benzene rings is 1. The van der Waals surface area contributed by atoms with Crippen molar-refractivity contribution in [2.24, 2.45) is 11.8 Å². The third-order valence-electron chi connectivity index (χ3n) is 5.75. The van der Waals surface area contributed by atoms with Gasteiger partial charge < -0.3 is 9.80 Å². The molecule has 1 atom stereocenters. The first-order valence-corrected chi connectivity index (χ1v) is 8.97. The van der Waals surface area contributed by atoms with Gasteiger partial charge in [-0.3, -0.25) is 19.7 Å². The highest BCUT2D eigenvalue weighted by Gasteiger charge is 2.41. The summed E-state index contributed by atoms with van der Waals surface area (Å²) in [5.41, 5.74) is 2.81. The first kappa shape index (κ1) is 16.1. The normalized spacial score (nSPS) is 23.8. The maximum absolute atomic E-state index is 12.8. The minimum Gasteiger partial charge on any atom is -0.371 e. The molecule has 6 heteroatoms. The SMILES string of the molecule is CC(C)C1CN(c2cccc3c2CN(C2CCC(=O)NC2=O)C3=O)C1. The van der Waals surface area contributed by atoms with Crippen molar-refractivity contribution in [3.63, 3.8) is 0 Å². The van der Waals surface area contributed by atoms with Gasteiger partial charge in [-0.1, -0.05) is 19.9 Å². The van der Waals surface area contributed by atoms with Gasteiger partial charge in [-0.05, 0) is 30.4 Å². The van der Waals surface area contributed by atoms with Crippen LogP contribution in [0, 0.1) is 11.8 Å². The van der Waals surface area contributed by atoms with E-state index in [1.165, 1.54) is 0 Å². The number of rotatable bonds is 3.